The number of carbonyl (C=O) groups excluding carboxylic acids is 1. The van der Waals surface area contributed by atoms with E-state index in [0.717, 1.165) is 49.2 Å². The maximum absolute atomic E-state index is 13.1. The van der Waals surface area contributed by atoms with Crippen molar-refractivity contribution in [1.82, 2.24) is 29.9 Å². The van der Waals surface area contributed by atoms with Crippen LogP contribution in [0.25, 0.3) is 11.0 Å². The summed E-state index contributed by atoms with van der Waals surface area (Å²) in [7, 11) is 0. The Balaban J connectivity index is 1.51. The van der Waals surface area contributed by atoms with E-state index in [9.17, 15) is 4.79 Å². The Kier molecular flexibility index (Phi) is 4.21. The maximum Gasteiger partial charge on any atom is 0.254 e. The van der Waals surface area contributed by atoms with Gasteiger partial charge in [-0.05, 0) is 50.8 Å². The fraction of sp³-hybridized carbons (Fsp3) is 0.444. The summed E-state index contributed by atoms with van der Waals surface area (Å²) in [6.45, 7) is 3.72. The Morgan fingerprint density at radius 2 is 2.16 bits per heavy atom. The molecule has 2 aromatic heterocycles. The minimum absolute atomic E-state index is 0.0944. The van der Waals surface area contributed by atoms with Gasteiger partial charge in [-0.15, -0.1) is 0 Å². The Bertz CT molecular complexity index is 882. The van der Waals surface area contributed by atoms with E-state index in [2.05, 4.69) is 25.0 Å². The number of imidazole rings is 1. The molecule has 1 unspecified atom stereocenters. The molecule has 25 heavy (non-hydrogen) atoms. The lowest BCUT2D eigenvalue weighted by molar-refractivity contribution is 0.0595. The number of nitrogens with one attached hydrogen (secondary N) is 1. The summed E-state index contributed by atoms with van der Waals surface area (Å²) in [6.07, 6.45) is 8.09. The third-order valence-electron chi connectivity index (χ3n) is 5.08. The van der Waals surface area contributed by atoms with E-state index in [-0.39, 0.29) is 11.9 Å². The van der Waals surface area contributed by atoms with Gasteiger partial charge in [-0.3, -0.25) is 4.79 Å². The minimum atomic E-state index is 0.0944. The molecule has 3 aromatic rings. The Labute approximate surface area is 146 Å². The zero-order valence-corrected chi connectivity index (χ0v) is 14.4. The van der Waals surface area contributed by atoms with Gasteiger partial charge in [0.1, 0.15) is 16.9 Å². The van der Waals surface area contributed by atoms with E-state index < -0.39 is 0 Å². The summed E-state index contributed by atoms with van der Waals surface area (Å²) >= 11 is 0. The third kappa shape index (κ3) is 3.14. The maximum atomic E-state index is 13.1. The molecule has 1 atom stereocenters. The molecule has 7 nitrogen and oxygen atoms in total. The molecule has 1 aliphatic heterocycles. The molecule has 0 saturated carbocycles. The predicted molar refractivity (Wildman–Crippen MR) is 94.1 cm³/mol. The second-order valence-electron chi connectivity index (χ2n) is 6.63. The van der Waals surface area contributed by atoms with Gasteiger partial charge in [-0.25, -0.2) is 4.98 Å². The number of carbonyl (C=O) groups is 1. The Morgan fingerprint density at radius 1 is 1.28 bits per heavy atom. The van der Waals surface area contributed by atoms with Crippen LogP contribution in [0.4, 0.5) is 0 Å². The summed E-state index contributed by atoms with van der Waals surface area (Å²) in [4.78, 5) is 19.4. The van der Waals surface area contributed by atoms with E-state index in [4.69, 9.17) is 0 Å². The molecule has 0 bridgehead atoms. The van der Waals surface area contributed by atoms with Crippen molar-refractivity contribution in [1.29, 1.82) is 0 Å². The monoisotopic (exact) mass is 338 g/mol. The van der Waals surface area contributed by atoms with E-state index in [1.54, 1.807) is 0 Å². The van der Waals surface area contributed by atoms with Crippen molar-refractivity contribution in [2.24, 2.45) is 0 Å². The minimum Gasteiger partial charge on any atom is -0.336 e. The molecule has 7 heteroatoms. The number of aromatic nitrogens is 5. The van der Waals surface area contributed by atoms with Crippen LogP contribution in [0.1, 0.15) is 41.9 Å². The average Bonchev–Trinajstić information content (AvgIpc) is 3.27. The van der Waals surface area contributed by atoms with E-state index in [0.29, 0.717) is 5.56 Å². The largest absolute Gasteiger partial charge is 0.336 e. The molecule has 1 N–H and O–H groups in total. The highest BCUT2D eigenvalue weighted by atomic mass is 16.2. The first-order valence-electron chi connectivity index (χ1n) is 8.81. The lowest BCUT2D eigenvalue weighted by Gasteiger charge is -2.36. The van der Waals surface area contributed by atoms with Gasteiger partial charge >= 0.3 is 0 Å². The van der Waals surface area contributed by atoms with Crippen molar-refractivity contribution in [3.05, 3.63) is 42.0 Å². The molecule has 130 valence electrons. The lowest BCUT2D eigenvalue weighted by Crippen LogP contribution is -2.44. The fourth-order valence-corrected chi connectivity index (χ4v) is 3.64. The number of likely N-dealkylation sites (tertiary alicyclic amines) is 1. The molecule has 1 aromatic carbocycles. The molecule has 0 spiro atoms. The number of piperidine rings is 1. The highest BCUT2D eigenvalue weighted by molar-refractivity contribution is 5.97. The van der Waals surface area contributed by atoms with Gasteiger partial charge in [0.05, 0.1) is 0 Å². The topological polar surface area (TPSA) is 79.7 Å². The van der Waals surface area contributed by atoms with Gasteiger partial charge in [0.2, 0.25) is 0 Å². The highest BCUT2D eigenvalue weighted by Gasteiger charge is 2.27. The quantitative estimate of drug-likeness (QED) is 0.793. The molecule has 1 aliphatic rings. The van der Waals surface area contributed by atoms with Crippen molar-refractivity contribution < 1.29 is 4.79 Å². The molecule has 1 saturated heterocycles. The molecule has 0 radical (unpaired) electrons. The van der Waals surface area contributed by atoms with E-state index in [1.807, 2.05) is 42.4 Å². The first kappa shape index (κ1) is 15.8. The van der Waals surface area contributed by atoms with Gasteiger partial charge in [-0.1, -0.05) is 0 Å². The van der Waals surface area contributed by atoms with Crippen LogP contribution >= 0.6 is 0 Å². The van der Waals surface area contributed by atoms with E-state index in [1.165, 1.54) is 6.42 Å². The lowest BCUT2D eigenvalue weighted by atomic mass is 9.98. The van der Waals surface area contributed by atoms with Crippen LogP contribution in [0.5, 0.6) is 0 Å². The molecule has 3 heterocycles. The number of aryl methyl sites for hydroxylation is 2. The van der Waals surface area contributed by atoms with Crippen molar-refractivity contribution in [3.63, 3.8) is 0 Å². The summed E-state index contributed by atoms with van der Waals surface area (Å²) in [5.41, 5.74) is 2.20. The molecular weight excluding hydrogens is 316 g/mol. The summed E-state index contributed by atoms with van der Waals surface area (Å²) < 4.78 is 2.15. The SMILES string of the molecule is Cc1nccn1CCC1CCCCN1C(=O)c1ccc2n[nH]nc2c1. The van der Waals surface area contributed by atoms with Crippen LogP contribution in [-0.4, -0.2) is 48.4 Å². The van der Waals surface area contributed by atoms with Gasteiger partial charge in [0.25, 0.3) is 5.91 Å². The van der Waals surface area contributed by atoms with Gasteiger partial charge in [0, 0.05) is 37.1 Å². The van der Waals surface area contributed by atoms with Crippen LogP contribution in [0.15, 0.2) is 30.6 Å². The molecule has 4 rings (SSSR count). The zero-order chi connectivity index (χ0) is 17.2. The van der Waals surface area contributed by atoms with Crippen LogP contribution in [0.2, 0.25) is 0 Å². The number of H-pyrrole nitrogens is 1. The summed E-state index contributed by atoms with van der Waals surface area (Å²) in [5, 5.41) is 10.7. The van der Waals surface area contributed by atoms with Crippen molar-refractivity contribution in [3.8, 4) is 0 Å². The number of aromatic amines is 1. The predicted octanol–water partition coefficient (Wildman–Crippen LogP) is 2.55. The van der Waals surface area contributed by atoms with Gasteiger partial charge in [0.15, 0.2) is 0 Å². The summed E-state index contributed by atoms with van der Waals surface area (Å²) in [5.74, 6) is 1.11. The molecule has 1 amide bonds. The second-order valence-corrected chi connectivity index (χ2v) is 6.63. The van der Waals surface area contributed by atoms with Crippen LogP contribution in [-0.2, 0) is 6.54 Å². The van der Waals surface area contributed by atoms with Crippen LogP contribution in [0, 0.1) is 6.92 Å². The number of benzene rings is 1. The number of amides is 1. The number of fused-ring (bicyclic) bond motifs is 1. The Morgan fingerprint density at radius 3 is 3.00 bits per heavy atom. The number of hydrogen-bond acceptors (Lipinski definition) is 4. The first-order chi connectivity index (χ1) is 12.2. The first-order valence-corrected chi connectivity index (χ1v) is 8.81. The molecule has 0 aliphatic carbocycles. The fourth-order valence-electron chi connectivity index (χ4n) is 3.64. The van der Waals surface area contributed by atoms with Crippen LogP contribution < -0.4 is 0 Å². The third-order valence-corrected chi connectivity index (χ3v) is 5.08. The number of nitrogens with zero attached hydrogens (tertiary/aromatic N) is 5. The van der Waals surface area contributed by atoms with Crippen LogP contribution in [0.3, 0.4) is 0 Å². The van der Waals surface area contributed by atoms with Gasteiger partial charge in [-0.2, -0.15) is 15.4 Å². The summed E-state index contributed by atoms with van der Waals surface area (Å²) in [6, 6.07) is 5.79. The number of hydrogen-bond donors (Lipinski definition) is 1. The van der Waals surface area contributed by atoms with Crippen molar-refractivity contribution in [2.75, 3.05) is 6.54 Å². The zero-order valence-electron chi connectivity index (χ0n) is 14.4. The standard InChI is InChI=1S/C18H22N6O/c1-13-19-8-11-23(13)10-7-15-4-2-3-9-24(15)18(25)14-5-6-16-17(12-14)21-22-20-16/h5-6,8,11-12,15H,2-4,7,9-10H2,1H3,(H,20,21,22). The van der Waals surface area contributed by atoms with Crippen molar-refractivity contribution in [2.45, 2.75) is 45.2 Å². The second kappa shape index (κ2) is 6.66. The highest BCUT2D eigenvalue weighted by Crippen LogP contribution is 2.23. The molecular formula is C18H22N6O. The van der Waals surface area contributed by atoms with Crippen molar-refractivity contribution >= 4 is 16.9 Å². The molecule has 1 fully saturated rings. The Hall–Kier alpha value is -2.70. The number of rotatable bonds is 4. The van der Waals surface area contributed by atoms with Gasteiger partial charge < -0.3 is 9.47 Å². The smallest absolute Gasteiger partial charge is 0.254 e. The normalized spacial score (nSPS) is 18.0. The van der Waals surface area contributed by atoms with E-state index >= 15 is 0 Å². The average molecular weight is 338 g/mol.